The Balaban J connectivity index is 1.92. The van der Waals surface area contributed by atoms with Gasteiger partial charge in [-0.2, -0.15) is 0 Å². The third kappa shape index (κ3) is 5.08. The molecule has 0 radical (unpaired) electrons. The van der Waals surface area contributed by atoms with E-state index in [4.69, 9.17) is 9.84 Å². The molecule has 2 rings (SSSR count). The van der Waals surface area contributed by atoms with Crippen molar-refractivity contribution in [2.24, 2.45) is 5.92 Å². The van der Waals surface area contributed by atoms with Gasteiger partial charge in [0.2, 0.25) is 5.91 Å². The van der Waals surface area contributed by atoms with Gasteiger partial charge in [-0.1, -0.05) is 13.8 Å². The maximum atomic E-state index is 13.1. The molecule has 1 heterocycles. The summed E-state index contributed by atoms with van der Waals surface area (Å²) in [6.45, 7) is 6.43. The molecule has 1 fully saturated rings. The number of ether oxygens (including phenoxy) is 1. The molecular formula is C18H25FN2O4. The lowest BCUT2D eigenvalue weighted by molar-refractivity contribution is -0.136. The predicted molar refractivity (Wildman–Crippen MR) is 91.2 cm³/mol. The molecule has 1 aliphatic heterocycles. The molecule has 1 aromatic carbocycles. The molecule has 6 nitrogen and oxygen atoms in total. The maximum Gasteiger partial charge on any atom is 0.405 e. The van der Waals surface area contributed by atoms with E-state index in [1.165, 1.54) is 12.1 Å². The molecule has 1 aliphatic rings. The largest absolute Gasteiger partial charge is 0.490 e. The van der Waals surface area contributed by atoms with Crippen LogP contribution in [0.1, 0.15) is 32.3 Å². The van der Waals surface area contributed by atoms with Crippen molar-refractivity contribution in [3.05, 3.63) is 29.6 Å². The number of likely N-dealkylation sites (tertiary alicyclic amines) is 1. The van der Waals surface area contributed by atoms with E-state index >= 15 is 0 Å². The SMILES string of the molecule is Cc1cc(F)ccc1OC1CCN(C(=O)[C@@H](NC(=O)O)C(C)C)CC1. The topological polar surface area (TPSA) is 78.9 Å². The van der Waals surface area contributed by atoms with Crippen LogP contribution in [0.3, 0.4) is 0 Å². The Labute approximate surface area is 147 Å². The number of hydrogen-bond acceptors (Lipinski definition) is 3. The molecule has 2 amide bonds. The molecule has 0 spiro atoms. The quantitative estimate of drug-likeness (QED) is 0.854. The lowest BCUT2D eigenvalue weighted by Gasteiger charge is -2.35. The van der Waals surface area contributed by atoms with Crippen molar-refractivity contribution in [1.82, 2.24) is 10.2 Å². The average Bonchev–Trinajstić information content (AvgIpc) is 2.55. The van der Waals surface area contributed by atoms with Crippen LogP contribution in [0.2, 0.25) is 0 Å². The Hall–Kier alpha value is -2.31. The zero-order valence-electron chi connectivity index (χ0n) is 14.8. The van der Waals surface area contributed by atoms with Gasteiger partial charge >= 0.3 is 6.09 Å². The van der Waals surface area contributed by atoms with Crippen molar-refractivity contribution in [2.45, 2.75) is 45.8 Å². The summed E-state index contributed by atoms with van der Waals surface area (Å²) >= 11 is 0. The van der Waals surface area contributed by atoms with Crippen LogP contribution in [0.4, 0.5) is 9.18 Å². The number of carboxylic acid groups (broad SMARTS) is 1. The molecule has 7 heteroatoms. The zero-order chi connectivity index (χ0) is 18.6. The Kier molecular flexibility index (Phi) is 6.22. The van der Waals surface area contributed by atoms with Gasteiger partial charge < -0.3 is 20.1 Å². The third-order valence-electron chi connectivity index (χ3n) is 4.40. The highest BCUT2D eigenvalue weighted by atomic mass is 19.1. The van der Waals surface area contributed by atoms with Gasteiger partial charge in [0.05, 0.1) is 0 Å². The summed E-state index contributed by atoms with van der Waals surface area (Å²) in [5, 5.41) is 11.2. The van der Waals surface area contributed by atoms with Crippen LogP contribution in [0.25, 0.3) is 0 Å². The Morgan fingerprint density at radius 2 is 1.96 bits per heavy atom. The van der Waals surface area contributed by atoms with Crippen LogP contribution in [-0.2, 0) is 4.79 Å². The molecule has 1 atom stereocenters. The van der Waals surface area contributed by atoms with Crippen LogP contribution in [0.5, 0.6) is 5.75 Å². The number of hydrogen-bond donors (Lipinski definition) is 2. The highest BCUT2D eigenvalue weighted by Crippen LogP contribution is 2.24. The smallest absolute Gasteiger partial charge is 0.405 e. The number of halogens is 1. The number of amides is 2. The molecule has 0 aromatic heterocycles. The first-order valence-electron chi connectivity index (χ1n) is 8.49. The minimum atomic E-state index is -1.20. The van der Waals surface area contributed by atoms with Crippen molar-refractivity contribution in [3.8, 4) is 5.75 Å². The van der Waals surface area contributed by atoms with Gasteiger partial charge in [0, 0.05) is 25.9 Å². The van der Waals surface area contributed by atoms with Crippen molar-refractivity contribution >= 4 is 12.0 Å². The molecular weight excluding hydrogens is 327 g/mol. The molecule has 0 unspecified atom stereocenters. The van der Waals surface area contributed by atoms with Gasteiger partial charge in [0.25, 0.3) is 0 Å². The molecule has 138 valence electrons. The number of aryl methyl sites for hydroxylation is 1. The number of rotatable bonds is 5. The summed E-state index contributed by atoms with van der Waals surface area (Å²) in [5.74, 6) is 0.0305. The van der Waals surface area contributed by atoms with Crippen LogP contribution in [0.15, 0.2) is 18.2 Å². The van der Waals surface area contributed by atoms with Crippen LogP contribution < -0.4 is 10.1 Å². The first-order valence-corrected chi connectivity index (χ1v) is 8.49. The van der Waals surface area contributed by atoms with Gasteiger partial charge in [-0.15, -0.1) is 0 Å². The minimum absolute atomic E-state index is 0.0434. The van der Waals surface area contributed by atoms with Crippen molar-refractivity contribution in [1.29, 1.82) is 0 Å². The fourth-order valence-electron chi connectivity index (χ4n) is 2.96. The number of carbonyl (C=O) groups excluding carboxylic acids is 1. The highest BCUT2D eigenvalue weighted by Gasteiger charge is 2.31. The fourth-order valence-corrected chi connectivity index (χ4v) is 2.96. The first-order chi connectivity index (χ1) is 11.8. The fraction of sp³-hybridized carbons (Fsp3) is 0.556. The van der Waals surface area contributed by atoms with Crippen LogP contribution in [0, 0.1) is 18.7 Å². The lowest BCUT2D eigenvalue weighted by Crippen LogP contribution is -2.53. The van der Waals surface area contributed by atoms with E-state index < -0.39 is 12.1 Å². The average molecular weight is 352 g/mol. The zero-order valence-corrected chi connectivity index (χ0v) is 14.8. The van der Waals surface area contributed by atoms with Crippen LogP contribution in [-0.4, -0.2) is 47.2 Å². The summed E-state index contributed by atoms with van der Waals surface area (Å²) in [5.41, 5.74) is 0.740. The number of benzene rings is 1. The van der Waals surface area contributed by atoms with Crippen molar-refractivity contribution in [3.63, 3.8) is 0 Å². The number of piperidine rings is 1. The van der Waals surface area contributed by atoms with E-state index in [-0.39, 0.29) is 23.7 Å². The van der Waals surface area contributed by atoms with Crippen molar-refractivity contribution in [2.75, 3.05) is 13.1 Å². The summed E-state index contributed by atoms with van der Waals surface area (Å²) in [4.78, 5) is 25.1. The molecule has 1 saturated heterocycles. The second kappa shape index (κ2) is 8.18. The molecule has 1 aromatic rings. The van der Waals surface area contributed by atoms with Crippen molar-refractivity contribution < 1.29 is 23.8 Å². The molecule has 0 aliphatic carbocycles. The summed E-state index contributed by atoms with van der Waals surface area (Å²) < 4.78 is 19.1. The van der Waals surface area contributed by atoms with Crippen LogP contribution >= 0.6 is 0 Å². The van der Waals surface area contributed by atoms with E-state index in [1.807, 2.05) is 13.8 Å². The Morgan fingerprint density at radius 1 is 1.32 bits per heavy atom. The van der Waals surface area contributed by atoms with E-state index in [9.17, 15) is 14.0 Å². The molecule has 0 saturated carbocycles. The van der Waals surface area contributed by atoms with E-state index in [1.54, 1.807) is 17.9 Å². The second-order valence-corrected chi connectivity index (χ2v) is 6.72. The van der Waals surface area contributed by atoms with E-state index in [2.05, 4.69) is 5.32 Å². The first kappa shape index (κ1) is 19.0. The van der Waals surface area contributed by atoms with Gasteiger partial charge in [0.1, 0.15) is 23.7 Å². The van der Waals surface area contributed by atoms with Gasteiger partial charge in [-0.25, -0.2) is 9.18 Å². The highest BCUT2D eigenvalue weighted by molar-refractivity contribution is 5.85. The van der Waals surface area contributed by atoms with E-state index in [0.29, 0.717) is 31.7 Å². The van der Waals surface area contributed by atoms with E-state index in [0.717, 1.165) is 5.56 Å². The number of carbonyl (C=O) groups is 2. The summed E-state index contributed by atoms with van der Waals surface area (Å²) in [6, 6.07) is 3.67. The summed E-state index contributed by atoms with van der Waals surface area (Å²) in [6.07, 6.45) is 0.0659. The number of nitrogens with zero attached hydrogens (tertiary/aromatic N) is 1. The normalized spacial score (nSPS) is 16.6. The van der Waals surface area contributed by atoms with Gasteiger partial charge in [0.15, 0.2) is 0 Å². The second-order valence-electron chi connectivity index (χ2n) is 6.72. The third-order valence-corrected chi connectivity index (χ3v) is 4.40. The minimum Gasteiger partial charge on any atom is -0.490 e. The van der Waals surface area contributed by atoms with Gasteiger partial charge in [-0.3, -0.25) is 4.79 Å². The number of nitrogens with one attached hydrogen (secondary N) is 1. The lowest BCUT2D eigenvalue weighted by atomic mass is 10.0. The molecule has 2 N–H and O–H groups in total. The molecule has 25 heavy (non-hydrogen) atoms. The maximum absolute atomic E-state index is 13.1. The summed E-state index contributed by atoms with van der Waals surface area (Å²) in [7, 11) is 0. The van der Waals surface area contributed by atoms with Gasteiger partial charge in [-0.05, 0) is 36.6 Å². The Morgan fingerprint density at radius 3 is 2.48 bits per heavy atom. The standard InChI is InChI=1S/C18H25FN2O4/c1-11(2)16(20-18(23)24)17(22)21-8-6-14(7-9-21)25-15-5-4-13(19)10-12(15)3/h4-5,10-11,14,16,20H,6-9H2,1-3H3,(H,23,24)/t16-/m0/s1. The predicted octanol–water partition coefficient (Wildman–Crippen LogP) is 2.80. The molecule has 0 bridgehead atoms. The Bertz CT molecular complexity index is 628. The monoisotopic (exact) mass is 352 g/mol.